The van der Waals surface area contributed by atoms with Gasteiger partial charge in [0.15, 0.2) is 0 Å². The molecule has 0 amide bonds. The van der Waals surface area contributed by atoms with E-state index in [4.69, 9.17) is 0 Å². The number of hydrogen-bond donors (Lipinski definition) is 0. The van der Waals surface area contributed by atoms with E-state index in [1.807, 2.05) is 0 Å². The maximum absolute atomic E-state index is 3.29. The molecule has 0 saturated carbocycles. The van der Waals surface area contributed by atoms with Crippen LogP contribution in [-0.2, 0) is 16.5 Å². The summed E-state index contributed by atoms with van der Waals surface area (Å²) in [6.45, 7) is 0. The van der Waals surface area contributed by atoms with Crippen molar-refractivity contribution in [2.75, 3.05) is 0 Å². The van der Waals surface area contributed by atoms with Gasteiger partial charge >= 0.3 is 0 Å². The summed E-state index contributed by atoms with van der Waals surface area (Å²) >= 11 is 0. The van der Waals surface area contributed by atoms with Gasteiger partial charge in [-0.25, -0.2) is 0 Å². The largest absolute Gasteiger partial charge is 0.500 e. The molecular formula is C12H17Ni-. The Hall–Kier alpha value is -0.286. The van der Waals surface area contributed by atoms with E-state index in [1.165, 1.54) is 19.3 Å². The molecule has 1 aliphatic rings. The molecule has 0 spiro atoms. The van der Waals surface area contributed by atoms with Crippen LogP contribution < -0.4 is 0 Å². The van der Waals surface area contributed by atoms with Crippen LogP contribution in [0.15, 0.2) is 30.4 Å². The van der Waals surface area contributed by atoms with Gasteiger partial charge in [-0.1, -0.05) is 37.1 Å². The van der Waals surface area contributed by atoms with Gasteiger partial charge in [-0.3, -0.25) is 6.08 Å². The van der Waals surface area contributed by atoms with Crippen molar-refractivity contribution in [3.05, 3.63) is 36.5 Å². The van der Waals surface area contributed by atoms with Crippen molar-refractivity contribution >= 4 is 0 Å². The second-order valence-electron chi connectivity index (χ2n) is 3.04. The van der Waals surface area contributed by atoms with Crippen LogP contribution in [0.2, 0.25) is 0 Å². The third kappa shape index (κ3) is 8.05. The predicted octanol–water partition coefficient (Wildman–Crippen LogP) is 3.81. The van der Waals surface area contributed by atoms with Crippen LogP contribution in [-0.4, -0.2) is 0 Å². The third-order valence-electron chi connectivity index (χ3n) is 1.91. The molecule has 0 nitrogen and oxygen atoms in total. The Morgan fingerprint density at radius 3 is 1.92 bits per heavy atom. The molecule has 0 aromatic rings. The van der Waals surface area contributed by atoms with Crippen LogP contribution in [0.1, 0.15) is 38.5 Å². The summed E-state index contributed by atoms with van der Waals surface area (Å²) in [4.78, 5) is 0. The van der Waals surface area contributed by atoms with Crippen molar-refractivity contribution in [2.45, 2.75) is 38.5 Å². The zero-order valence-electron chi connectivity index (χ0n) is 7.95. The molecule has 0 aromatic carbocycles. The molecule has 1 aliphatic carbocycles. The first kappa shape index (κ1) is 12.7. The summed E-state index contributed by atoms with van der Waals surface area (Å²) in [6, 6.07) is 0. The van der Waals surface area contributed by atoms with Crippen molar-refractivity contribution < 1.29 is 16.5 Å². The van der Waals surface area contributed by atoms with Crippen LogP contribution in [0.5, 0.6) is 0 Å². The first-order valence-corrected chi connectivity index (χ1v) is 4.85. The molecule has 0 heterocycles. The standard InChI is InChI=1S/C12H17.Ni/c1-2-4-6-8-10-12-11-9-7-5-3-1;/h1-2,7-9H,3-6,11-12H2;/q-1;. The van der Waals surface area contributed by atoms with Gasteiger partial charge in [-0.2, -0.15) is 6.42 Å². The summed E-state index contributed by atoms with van der Waals surface area (Å²) < 4.78 is 0. The molecular weight excluding hydrogens is 203 g/mol. The summed E-state index contributed by atoms with van der Waals surface area (Å²) in [5.41, 5.74) is 0. The van der Waals surface area contributed by atoms with Gasteiger partial charge in [-0.15, -0.1) is 0 Å². The van der Waals surface area contributed by atoms with Crippen LogP contribution in [0.3, 0.4) is 0 Å². The number of hydrogen-bond acceptors (Lipinski definition) is 0. The quantitative estimate of drug-likeness (QED) is 0.330. The minimum absolute atomic E-state index is 0. The van der Waals surface area contributed by atoms with E-state index in [1.54, 1.807) is 0 Å². The van der Waals surface area contributed by atoms with E-state index in [2.05, 4.69) is 36.5 Å². The molecule has 0 aliphatic heterocycles. The van der Waals surface area contributed by atoms with Crippen molar-refractivity contribution in [3.63, 3.8) is 0 Å². The summed E-state index contributed by atoms with van der Waals surface area (Å²) in [6.07, 6.45) is 21.5. The van der Waals surface area contributed by atoms with Crippen LogP contribution in [0, 0.1) is 6.08 Å². The fraction of sp³-hybridized carbons (Fsp3) is 0.500. The Morgan fingerprint density at radius 1 is 0.692 bits per heavy atom. The molecule has 0 atom stereocenters. The second kappa shape index (κ2) is 9.80. The molecule has 13 heavy (non-hydrogen) atoms. The molecule has 0 saturated heterocycles. The molecule has 0 fully saturated rings. The third-order valence-corrected chi connectivity index (χ3v) is 1.91. The predicted molar refractivity (Wildman–Crippen MR) is 53.8 cm³/mol. The van der Waals surface area contributed by atoms with Crippen molar-refractivity contribution in [1.82, 2.24) is 0 Å². The van der Waals surface area contributed by atoms with Gasteiger partial charge in [0, 0.05) is 16.5 Å². The molecule has 76 valence electrons. The van der Waals surface area contributed by atoms with E-state index < -0.39 is 0 Å². The smallest absolute Gasteiger partial charge is 0 e. The Kier molecular flexibility index (Phi) is 9.58. The number of rotatable bonds is 0. The Labute approximate surface area is 91.7 Å². The van der Waals surface area contributed by atoms with Crippen LogP contribution in [0.4, 0.5) is 0 Å². The fourth-order valence-electron chi connectivity index (χ4n) is 1.21. The Bertz CT molecular complexity index is 126. The zero-order chi connectivity index (χ0) is 8.49. The molecule has 1 heteroatoms. The van der Waals surface area contributed by atoms with Crippen molar-refractivity contribution in [1.29, 1.82) is 0 Å². The SMILES string of the molecule is [C-]1=CCCC=CCCC=CCC1.[Ni]. The molecule has 0 radical (unpaired) electrons. The summed E-state index contributed by atoms with van der Waals surface area (Å²) in [5, 5.41) is 0. The van der Waals surface area contributed by atoms with Gasteiger partial charge < -0.3 is 6.08 Å². The first-order chi connectivity index (χ1) is 6.00. The minimum atomic E-state index is 0. The Morgan fingerprint density at radius 2 is 1.23 bits per heavy atom. The maximum atomic E-state index is 3.29. The summed E-state index contributed by atoms with van der Waals surface area (Å²) in [7, 11) is 0. The molecule has 0 N–H and O–H groups in total. The van der Waals surface area contributed by atoms with Gasteiger partial charge in [0.1, 0.15) is 0 Å². The normalized spacial score (nSPS) is 18.5. The van der Waals surface area contributed by atoms with Crippen molar-refractivity contribution in [2.24, 2.45) is 0 Å². The molecule has 0 unspecified atom stereocenters. The minimum Gasteiger partial charge on any atom is -0.500 e. The van der Waals surface area contributed by atoms with Crippen LogP contribution >= 0.6 is 0 Å². The van der Waals surface area contributed by atoms with Crippen molar-refractivity contribution in [3.8, 4) is 0 Å². The van der Waals surface area contributed by atoms with E-state index in [-0.39, 0.29) is 16.5 Å². The molecule has 0 aromatic heterocycles. The summed E-state index contributed by atoms with van der Waals surface area (Å²) in [5.74, 6) is 0. The molecule has 0 bridgehead atoms. The monoisotopic (exact) mass is 219 g/mol. The number of allylic oxidation sites excluding steroid dienone is 6. The fourth-order valence-corrected chi connectivity index (χ4v) is 1.21. The van der Waals surface area contributed by atoms with Gasteiger partial charge in [0.2, 0.25) is 0 Å². The zero-order valence-corrected chi connectivity index (χ0v) is 8.93. The van der Waals surface area contributed by atoms with Crippen LogP contribution in [0.25, 0.3) is 0 Å². The second-order valence-corrected chi connectivity index (χ2v) is 3.04. The van der Waals surface area contributed by atoms with Gasteiger partial charge in [0.05, 0.1) is 0 Å². The first-order valence-electron chi connectivity index (χ1n) is 4.85. The molecule has 1 rings (SSSR count). The average Bonchev–Trinajstić information content (AvgIpc) is 2.05. The van der Waals surface area contributed by atoms with E-state index >= 15 is 0 Å². The topological polar surface area (TPSA) is 0 Å². The maximum Gasteiger partial charge on any atom is 0 e. The van der Waals surface area contributed by atoms with E-state index in [0.717, 1.165) is 19.3 Å². The van der Waals surface area contributed by atoms with E-state index in [0.29, 0.717) is 0 Å². The van der Waals surface area contributed by atoms with Gasteiger partial charge in [-0.05, 0) is 19.3 Å². The average molecular weight is 220 g/mol. The van der Waals surface area contributed by atoms with E-state index in [9.17, 15) is 0 Å². The Balaban J connectivity index is 0.00000144. The van der Waals surface area contributed by atoms with Gasteiger partial charge in [0.25, 0.3) is 0 Å².